The van der Waals surface area contributed by atoms with E-state index in [-0.39, 0.29) is 44.3 Å². The molecule has 0 unspecified atom stereocenters. The summed E-state index contributed by atoms with van der Waals surface area (Å²) < 4.78 is 46.0. The minimum absolute atomic E-state index is 0.170. The molecule has 1 aliphatic rings. The van der Waals surface area contributed by atoms with Gasteiger partial charge in [0.05, 0.1) is 13.2 Å². The Morgan fingerprint density at radius 2 is 1.87 bits per heavy atom. The summed E-state index contributed by atoms with van der Waals surface area (Å²) in [7, 11) is -3.99. The molecule has 0 saturated carbocycles. The van der Waals surface area contributed by atoms with Gasteiger partial charge in [-0.3, -0.25) is 4.79 Å². The van der Waals surface area contributed by atoms with Gasteiger partial charge in [-0.2, -0.15) is 4.31 Å². The first kappa shape index (κ1) is 23.0. The molecule has 2 aromatic carbocycles. The minimum atomic E-state index is -3.99. The maximum absolute atomic E-state index is 14.2. The van der Waals surface area contributed by atoms with Crippen molar-refractivity contribution in [1.29, 1.82) is 0 Å². The summed E-state index contributed by atoms with van der Waals surface area (Å²) in [6, 6.07) is 11.0. The fourth-order valence-corrected chi connectivity index (χ4v) is 5.36. The lowest BCUT2D eigenvalue weighted by Crippen LogP contribution is -2.40. The van der Waals surface area contributed by atoms with Crippen LogP contribution in [0.2, 0.25) is 5.02 Å². The van der Waals surface area contributed by atoms with Gasteiger partial charge in [-0.05, 0) is 54.6 Å². The van der Waals surface area contributed by atoms with E-state index in [1.54, 1.807) is 11.8 Å². The smallest absolute Gasteiger partial charge is 0.246 e. The second kappa shape index (κ2) is 10.6. The molecule has 1 aliphatic heterocycles. The number of carbonyl (C=O) groups is 1. The number of thioether (sulfide) groups is 1. The molecule has 0 atom stereocenters. The number of halogens is 2. The lowest BCUT2D eigenvalue weighted by Gasteiger charge is -2.26. The van der Waals surface area contributed by atoms with Crippen LogP contribution in [-0.2, 0) is 19.6 Å². The van der Waals surface area contributed by atoms with Gasteiger partial charge in [0.15, 0.2) is 0 Å². The summed E-state index contributed by atoms with van der Waals surface area (Å²) in [4.78, 5) is 12.8. The molecule has 3 rings (SSSR count). The highest BCUT2D eigenvalue weighted by molar-refractivity contribution is 7.99. The van der Waals surface area contributed by atoms with E-state index in [1.165, 1.54) is 16.4 Å². The number of nitrogens with one attached hydrogen (secondary N) is 1. The quantitative estimate of drug-likeness (QED) is 0.464. The molecule has 1 N–H and O–H groups in total. The van der Waals surface area contributed by atoms with Crippen LogP contribution in [0.1, 0.15) is 12.8 Å². The lowest BCUT2D eigenvalue weighted by molar-refractivity contribution is -0.116. The van der Waals surface area contributed by atoms with Crippen LogP contribution in [-0.4, -0.2) is 50.7 Å². The Hall–Kier alpha value is -1.65. The molecule has 162 valence electrons. The molecule has 0 radical (unpaired) electrons. The van der Waals surface area contributed by atoms with Crippen LogP contribution in [0.15, 0.2) is 52.3 Å². The normalized spacial score (nSPS) is 15.1. The third-order valence-electron chi connectivity index (χ3n) is 4.43. The first-order chi connectivity index (χ1) is 14.4. The molecule has 1 fully saturated rings. The van der Waals surface area contributed by atoms with Gasteiger partial charge in [0, 0.05) is 35.1 Å². The fraction of sp³-hybridized carbons (Fsp3) is 0.350. The highest BCUT2D eigenvalue weighted by Gasteiger charge is 2.29. The van der Waals surface area contributed by atoms with E-state index in [4.69, 9.17) is 16.3 Å². The Morgan fingerprint density at radius 3 is 2.57 bits per heavy atom. The van der Waals surface area contributed by atoms with Crippen molar-refractivity contribution < 1.29 is 22.3 Å². The standard InChI is InChI=1S/C20H22ClFN2O4S2/c21-15-3-6-17(7-4-15)29-13-1-2-20(25)23-16-5-8-18(22)19(14-16)30(26,27)24-9-11-28-12-10-24/h3-8,14H,1-2,9-13H2,(H,23,25). The van der Waals surface area contributed by atoms with Gasteiger partial charge in [-0.1, -0.05) is 11.6 Å². The van der Waals surface area contributed by atoms with Crippen LogP contribution in [0.5, 0.6) is 0 Å². The molecule has 0 aliphatic carbocycles. The molecule has 1 heterocycles. The Balaban J connectivity index is 1.55. The molecule has 1 saturated heterocycles. The van der Waals surface area contributed by atoms with E-state index in [1.807, 2.05) is 24.3 Å². The van der Waals surface area contributed by atoms with Crippen molar-refractivity contribution >= 4 is 45.0 Å². The molecule has 6 nitrogen and oxygen atoms in total. The van der Waals surface area contributed by atoms with Crippen LogP contribution in [0.4, 0.5) is 10.1 Å². The van der Waals surface area contributed by atoms with E-state index >= 15 is 0 Å². The van der Waals surface area contributed by atoms with E-state index in [0.29, 0.717) is 11.4 Å². The molecule has 0 spiro atoms. The number of rotatable bonds is 8. The zero-order valence-electron chi connectivity index (χ0n) is 16.1. The van der Waals surface area contributed by atoms with Gasteiger partial charge < -0.3 is 10.1 Å². The molecule has 10 heteroatoms. The third-order valence-corrected chi connectivity index (χ3v) is 7.70. The van der Waals surface area contributed by atoms with E-state index in [9.17, 15) is 17.6 Å². The van der Waals surface area contributed by atoms with Gasteiger partial charge in [0.2, 0.25) is 15.9 Å². The second-order valence-corrected chi connectivity index (χ2v) is 10.1. The Kier molecular flexibility index (Phi) is 8.13. The van der Waals surface area contributed by atoms with Gasteiger partial charge in [0.25, 0.3) is 0 Å². The average Bonchev–Trinajstić information content (AvgIpc) is 2.74. The number of amides is 1. The molecular weight excluding hydrogens is 451 g/mol. The van der Waals surface area contributed by atoms with Crippen molar-refractivity contribution in [2.24, 2.45) is 0 Å². The monoisotopic (exact) mass is 472 g/mol. The lowest BCUT2D eigenvalue weighted by atomic mass is 10.2. The van der Waals surface area contributed by atoms with Crippen LogP contribution in [0.3, 0.4) is 0 Å². The molecular formula is C20H22ClFN2O4S2. The Bertz CT molecular complexity index is 981. The first-order valence-corrected chi connectivity index (χ1v) is 12.2. The number of carbonyl (C=O) groups excluding carboxylic acids is 1. The number of ether oxygens (including phenoxy) is 1. The second-order valence-electron chi connectivity index (χ2n) is 6.62. The van der Waals surface area contributed by atoms with Crippen molar-refractivity contribution in [3.8, 4) is 0 Å². The molecule has 0 bridgehead atoms. The Labute approximate surface area is 184 Å². The number of hydrogen-bond acceptors (Lipinski definition) is 5. The molecule has 30 heavy (non-hydrogen) atoms. The summed E-state index contributed by atoms with van der Waals surface area (Å²) in [5, 5.41) is 3.32. The van der Waals surface area contributed by atoms with Gasteiger partial charge in [-0.15, -0.1) is 11.8 Å². The predicted octanol–water partition coefficient (Wildman–Crippen LogP) is 4.01. The highest BCUT2D eigenvalue weighted by atomic mass is 35.5. The van der Waals surface area contributed by atoms with Crippen molar-refractivity contribution in [3.63, 3.8) is 0 Å². The summed E-state index contributed by atoms with van der Waals surface area (Å²) in [5.74, 6) is -0.360. The summed E-state index contributed by atoms with van der Waals surface area (Å²) >= 11 is 7.47. The largest absolute Gasteiger partial charge is 0.379 e. The van der Waals surface area contributed by atoms with E-state index in [0.717, 1.165) is 16.7 Å². The van der Waals surface area contributed by atoms with Crippen molar-refractivity contribution in [1.82, 2.24) is 4.31 Å². The molecule has 0 aromatic heterocycles. The van der Waals surface area contributed by atoms with Crippen LogP contribution >= 0.6 is 23.4 Å². The van der Waals surface area contributed by atoms with Crippen LogP contribution in [0.25, 0.3) is 0 Å². The van der Waals surface area contributed by atoms with Gasteiger partial charge >= 0.3 is 0 Å². The number of anilines is 1. The average molecular weight is 473 g/mol. The predicted molar refractivity (Wildman–Crippen MR) is 116 cm³/mol. The SMILES string of the molecule is O=C(CCCSc1ccc(Cl)cc1)Nc1ccc(F)c(S(=O)(=O)N2CCOCC2)c1. The number of morpholine rings is 1. The van der Waals surface area contributed by atoms with Gasteiger partial charge in [-0.25, -0.2) is 12.8 Å². The van der Waals surface area contributed by atoms with Crippen LogP contribution < -0.4 is 5.32 Å². The molecule has 2 aromatic rings. The molecule has 1 amide bonds. The van der Waals surface area contributed by atoms with Crippen molar-refractivity contribution in [2.75, 3.05) is 37.4 Å². The van der Waals surface area contributed by atoms with Crippen molar-refractivity contribution in [3.05, 3.63) is 53.3 Å². The summed E-state index contributed by atoms with van der Waals surface area (Å²) in [6.45, 7) is 0.879. The Morgan fingerprint density at radius 1 is 1.17 bits per heavy atom. The van der Waals surface area contributed by atoms with E-state index < -0.39 is 20.7 Å². The fourth-order valence-electron chi connectivity index (χ4n) is 2.88. The van der Waals surface area contributed by atoms with Crippen LogP contribution in [0, 0.1) is 5.82 Å². The topological polar surface area (TPSA) is 75.7 Å². The van der Waals surface area contributed by atoms with E-state index in [2.05, 4.69) is 5.32 Å². The minimum Gasteiger partial charge on any atom is -0.379 e. The maximum atomic E-state index is 14.2. The van der Waals surface area contributed by atoms with Crippen molar-refractivity contribution in [2.45, 2.75) is 22.6 Å². The highest BCUT2D eigenvalue weighted by Crippen LogP contribution is 2.25. The number of hydrogen-bond donors (Lipinski definition) is 1. The number of sulfonamides is 1. The third kappa shape index (κ3) is 6.18. The first-order valence-electron chi connectivity index (χ1n) is 9.42. The summed E-state index contributed by atoms with van der Waals surface area (Å²) in [5.41, 5.74) is 0.249. The number of benzene rings is 2. The summed E-state index contributed by atoms with van der Waals surface area (Å²) in [6.07, 6.45) is 0.906. The van der Waals surface area contributed by atoms with Gasteiger partial charge in [0.1, 0.15) is 10.7 Å². The zero-order chi connectivity index (χ0) is 21.6. The number of nitrogens with zero attached hydrogens (tertiary/aromatic N) is 1. The zero-order valence-corrected chi connectivity index (χ0v) is 18.5. The maximum Gasteiger partial charge on any atom is 0.246 e.